The Labute approximate surface area is 218 Å². The molecule has 0 aliphatic carbocycles. The number of thiazole rings is 1. The molecular formula is C28H26N2O6S. The standard InChI is InChI=1S/C28H26N2O6S/c1-4-35-20-13-9-12-19(16-20)23-22(21(31)15-14-18-10-7-6-8-11-18)24(32)26(33)30(23)28-29-17(3)25(37-28)27(34)36-5-2/h6-16,23,32H,4-5H2,1-3H3. The summed E-state index contributed by atoms with van der Waals surface area (Å²) in [6, 6.07) is 15.2. The molecule has 0 saturated carbocycles. The number of hydrogen-bond donors (Lipinski definition) is 1. The van der Waals surface area contributed by atoms with E-state index >= 15 is 0 Å². The van der Waals surface area contributed by atoms with E-state index in [1.165, 1.54) is 11.0 Å². The number of ketones is 1. The van der Waals surface area contributed by atoms with E-state index in [9.17, 15) is 19.5 Å². The third-order valence-electron chi connectivity index (χ3n) is 5.64. The van der Waals surface area contributed by atoms with Gasteiger partial charge in [0, 0.05) is 0 Å². The van der Waals surface area contributed by atoms with Crippen LogP contribution in [0.4, 0.5) is 5.13 Å². The van der Waals surface area contributed by atoms with E-state index in [0.717, 1.165) is 16.9 Å². The number of anilines is 1. The summed E-state index contributed by atoms with van der Waals surface area (Å²) >= 11 is 0.969. The molecule has 3 aromatic rings. The summed E-state index contributed by atoms with van der Waals surface area (Å²) < 4.78 is 10.7. The fourth-order valence-corrected chi connectivity index (χ4v) is 5.00. The summed E-state index contributed by atoms with van der Waals surface area (Å²) in [5, 5.41) is 11.1. The molecule has 1 aromatic heterocycles. The molecule has 1 amide bonds. The highest BCUT2D eigenvalue weighted by atomic mass is 32.1. The second-order valence-electron chi connectivity index (χ2n) is 8.09. The molecule has 190 valence electrons. The minimum Gasteiger partial charge on any atom is -0.503 e. The van der Waals surface area contributed by atoms with Crippen LogP contribution in [0.25, 0.3) is 6.08 Å². The Balaban J connectivity index is 1.80. The van der Waals surface area contributed by atoms with Crippen molar-refractivity contribution in [2.75, 3.05) is 18.1 Å². The monoisotopic (exact) mass is 518 g/mol. The first-order chi connectivity index (χ1) is 17.8. The third kappa shape index (κ3) is 5.31. The maximum absolute atomic E-state index is 13.4. The minimum absolute atomic E-state index is 0.0867. The number of ether oxygens (including phenoxy) is 2. The molecule has 1 N–H and O–H groups in total. The maximum Gasteiger partial charge on any atom is 0.350 e. The van der Waals surface area contributed by atoms with Crippen LogP contribution in [0.2, 0.25) is 0 Å². The molecule has 2 heterocycles. The zero-order chi connectivity index (χ0) is 26.5. The smallest absolute Gasteiger partial charge is 0.350 e. The van der Waals surface area contributed by atoms with Crippen LogP contribution in [0.5, 0.6) is 5.75 Å². The summed E-state index contributed by atoms with van der Waals surface area (Å²) in [5.41, 5.74) is 1.64. The Morgan fingerprint density at radius 3 is 2.57 bits per heavy atom. The fraction of sp³-hybridized carbons (Fsp3) is 0.214. The molecule has 1 unspecified atom stereocenters. The molecule has 8 nitrogen and oxygen atoms in total. The minimum atomic E-state index is -0.985. The first-order valence-corrected chi connectivity index (χ1v) is 12.6. The van der Waals surface area contributed by atoms with Crippen molar-refractivity contribution in [3.8, 4) is 5.75 Å². The summed E-state index contributed by atoms with van der Waals surface area (Å²) in [5.74, 6) is -1.98. The number of aromatic nitrogens is 1. The Kier molecular flexibility index (Phi) is 7.83. The zero-order valence-corrected chi connectivity index (χ0v) is 21.5. The lowest BCUT2D eigenvalue weighted by Gasteiger charge is -2.24. The molecule has 0 radical (unpaired) electrons. The number of aryl methyl sites for hydroxylation is 1. The number of nitrogens with zero attached hydrogens (tertiary/aromatic N) is 2. The van der Waals surface area contributed by atoms with Gasteiger partial charge in [-0.2, -0.15) is 0 Å². The van der Waals surface area contributed by atoms with Gasteiger partial charge in [0.1, 0.15) is 10.6 Å². The predicted octanol–water partition coefficient (Wildman–Crippen LogP) is 5.21. The summed E-state index contributed by atoms with van der Waals surface area (Å²) in [4.78, 5) is 45.1. The first-order valence-electron chi connectivity index (χ1n) is 11.8. The number of hydrogen-bond acceptors (Lipinski definition) is 8. The second-order valence-corrected chi connectivity index (χ2v) is 9.06. The van der Waals surface area contributed by atoms with E-state index in [-0.39, 0.29) is 22.2 Å². The number of aliphatic hydroxyl groups is 1. The lowest BCUT2D eigenvalue weighted by Crippen LogP contribution is -2.30. The molecule has 0 fully saturated rings. The van der Waals surface area contributed by atoms with Crippen molar-refractivity contribution < 1.29 is 29.0 Å². The SMILES string of the molecule is CCOC(=O)c1sc(N2C(=O)C(O)=C(C(=O)C=Cc3ccccc3)C2c2cccc(OCC)c2)nc1C. The van der Waals surface area contributed by atoms with Crippen molar-refractivity contribution in [1.82, 2.24) is 4.98 Å². The van der Waals surface area contributed by atoms with E-state index in [2.05, 4.69) is 4.98 Å². The zero-order valence-electron chi connectivity index (χ0n) is 20.6. The average molecular weight is 519 g/mol. The Morgan fingerprint density at radius 2 is 1.86 bits per heavy atom. The first kappa shape index (κ1) is 25.8. The van der Waals surface area contributed by atoms with Gasteiger partial charge in [-0.3, -0.25) is 14.5 Å². The van der Waals surface area contributed by atoms with E-state index in [1.807, 2.05) is 37.3 Å². The lowest BCUT2D eigenvalue weighted by molar-refractivity contribution is -0.117. The summed E-state index contributed by atoms with van der Waals surface area (Å²) in [7, 11) is 0. The molecule has 1 aliphatic rings. The topological polar surface area (TPSA) is 106 Å². The van der Waals surface area contributed by atoms with Crippen molar-refractivity contribution in [2.24, 2.45) is 0 Å². The van der Waals surface area contributed by atoms with Gasteiger partial charge in [-0.1, -0.05) is 59.9 Å². The fourth-order valence-electron chi connectivity index (χ4n) is 4.01. The quantitative estimate of drug-likeness (QED) is 0.306. The van der Waals surface area contributed by atoms with Gasteiger partial charge in [0.15, 0.2) is 16.7 Å². The van der Waals surface area contributed by atoms with Crippen LogP contribution >= 0.6 is 11.3 Å². The van der Waals surface area contributed by atoms with Crippen LogP contribution in [0.3, 0.4) is 0 Å². The Hall–Kier alpha value is -4.24. The van der Waals surface area contributed by atoms with Crippen molar-refractivity contribution >= 4 is 40.2 Å². The van der Waals surface area contributed by atoms with Crippen molar-refractivity contribution in [3.05, 3.63) is 93.7 Å². The van der Waals surface area contributed by atoms with Crippen LogP contribution in [0, 0.1) is 6.92 Å². The highest BCUT2D eigenvalue weighted by molar-refractivity contribution is 7.17. The number of carbonyl (C=O) groups excluding carboxylic acids is 3. The highest BCUT2D eigenvalue weighted by Gasteiger charge is 2.45. The van der Waals surface area contributed by atoms with Gasteiger partial charge in [-0.15, -0.1) is 0 Å². The van der Waals surface area contributed by atoms with E-state index in [4.69, 9.17) is 9.47 Å². The average Bonchev–Trinajstić information content (AvgIpc) is 3.40. The summed E-state index contributed by atoms with van der Waals surface area (Å²) in [6.07, 6.45) is 2.95. The number of aliphatic hydroxyl groups excluding tert-OH is 1. The van der Waals surface area contributed by atoms with Crippen LogP contribution in [0.15, 0.2) is 72.0 Å². The van der Waals surface area contributed by atoms with Gasteiger partial charge in [0.25, 0.3) is 5.91 Å². The number of allylic oxidation sites excluding steroid dienone is 1. The predicted molar refractivity (Wildman–Crippen MR) is 141 cm³/mol. The molecule has 1 atom stereocenters. The van der Waals surface area contributed by atoms with Crippen molar-refractivity contribution in [2.45, 2.75) is 26.8 Å². The van der Waals surface area contributed by atoms with Gasteiger partial charge in [-0.25, -0.2) is 9.78 Å². The molecule has 9 heteroatoms. The third-order valence-corrected chi connectivity index (χ3v) is 6.77. The number of esters is 1. The van der Waals surface area contributed by atoms with Gasteiger partial charge >= 0.3 is 5.97 Å². The second kappa shape index (κ2) is 11.2. The van der Waals surface area contributed by atoms with Gasteiger partial charge in [0.2, 0.25) is 0 Å². The van der Waals surface area contributed by atoms with Crippen molar-refractivity contribution in [3.63, 3.8) is 0 Å². The maximum atomic E-state index is 13.4. The van der Waals surface area contributed by atoms with E-state index in [0.29, 0.717) is 23.6 Å². The molecule has 0 saturated heterocycles. The molecular weight excluding hydrogens is 492 g/mol. The molecule has 1 aliphatic heterocycles. The van der Waals surface area contributed by atoms with Gasteiger partial charge in [-0.05, 0) is 50.1 Å². The number of rotatable bonds is 9. The number of carbonyl (C=O) groups is 3. The van der Waals surface area contributed by atoms with Crippen LogP contribution in [-0.2, 0) is 14.3 Å². The lowest BCUT2D eigenvalue weighted by atomic mass is 9.95. The van der Waals surface area contributed by atoms with Crippen LogP contribution < -0.4 is 9.64 Å². The largest absolute Gasteiger partial charge is 0.503 e. The van der Waals surface area contributed by atoms with Crippen LogP contribution in [0.1, 0.15) is 46.4 Å². The Bertz CT molecular complexity index is 1390. The summed E-state index contributed by atoms with van der Waals surface area (Å²) in [6.45, 7) is 5.80. The van der Waals surface area contributed by atoms with Crippen molar-refractivity contribution in [1.29, 1.82) is 0 Å². The van der Waals surface area contributed by atoms with Crippen LogP contribution in [-0.4, -0.2) is 41.0 Å². The molecule has 4 rings (SSSR count). The van der Waals surface area contributed by atoms with Gasteiger partial charge < -0.3 is 14.6 Å². The number of benzene rings is 2. The highest BCUT2D eigenvalue weighted by Crippen LogP contribution is 2.43. The van der Waals surface area contributed by atoms with E-state index in [1.54, 1.807) is 44.2 Å². The molecule has 2 aromatic carbocycles. The molecule has 0 spiro atoms. The van der Waals surface area contributed by atoms with E-state index < -0.39 is 29.5 Å². The van der Waals surface area contributed by atoms with Gasteiger partial charge in [0.05, 0.1) is 30.5 Å². The normalized spacial score (nSPS) is 15.5. The Morgan fingerprint density at radius 1 is 1.11 bits per heavy atom. The number of amides is 1. The molecule has 0 bridgehead atoms. The molecule has 37 heavy (non-hydrogen) atoms.